The number of rotatable bonds is 1. The van der Waals surface area contributed by atoms with Crippen molar-refractivity contribution in [3.8, 4) is 11.4 Å². The molecule has 5 heteroatoms. The van der Waals surface area contributed by atoms with Gasteiger partial charge in [0.2, 0.25) is 0 Å². The van der Waals surface area contributed by atoms with Gasteiger partial charge in [-0.1, -0.05) is 0 Å². The van der Waals surface area contributed by atoms with E-state index in [4.69, 9.17) is 10.7 Å². The van der Waals surface area contributed by atoms with Gasteiger partial charge >= 0.3 is 0 Å². The van der Waals surface area contributed by atoms with Crippen LogP contribution in [-0.2, 0) is 13.5 Å². The molecule has 5 nitrogen and oxygen atoms in total. The molecule has 0 saturated heterocycles. The van der Waals surface area contributed by atoms with Crippen LogP contribution in [0, 0.1) is 13.8 Å². The van der Waals surface area contributed by atoms with E-state index in [-0.39, 0.29) is 6.04 Å². The van der Waals surface area contributed by atoms with Gasteiger partial charge in [0, 0.05) is 24.5 Å². The van der Waals surface area contributed by atoms with Gasteiger partial charge in [-0.3, -0.25) is 4.68 Å². The highest BCUT2D eigenvalue weighted by Crippen LogP contribution is 2.31. The van der Waals surface area contributed by atoms with E-state index in [2.05, 4.69) is 17.0 Å². The van der Waals surface area contributed by atoms with Crippen LogP contribution in [0.2, 0.25) is 0 Å². The maximum atomic E-state index is 6.12. The summed E-state index contributed by atoms with van der Waals surface area (Å²) in [5, 5.41) is 4.44. The molecule has 2 aromatic heterocycles. The van der Waals surface area contributed by atoms with Crippen molar-refractivity contribution >= 4 is 0 Å². The van der Waals surface area contributed by atoms with Gasteiger partial charge in [0.05, 0.1) is 17.0 Å². The number of aromatic amines is 1. The number of hydrogen-bond donors (Lipinski definition) is 2. The smallest absolute Gasteiger partial charge is 0.141 e. The molecule has 0 spiro atoms. The molecule has 1 atom stereocenters. The zero-order chi connectivity index (χ0) is 12.9. The number of fused-ring (bicyclic) bond motifs is 1. The molecule has 1 unspecified atom stereocenters. The van der Waals surface area contributed by atoms with Gasteiger partial charge in [-0.25, -0.2) is 4.98 Å². The van der Waals surface area contributed by atoms with E-state index in [0.717, 1.165) is 47.7 Å². The maximum Gasteiger partial charge on any atom is 0.141 e. The molecule has 3 rings (SSSR count). The molecule has 0 bridgehead atoms. The van der Waals surface area contributed by atoms with Crippen molar-refractivity contribution in [3.63, 3.8) is 0 Å². The Morgan fingerprint density at radius 2 is 2.17 bits per heavy atom. The third-order valence-electron chi connectivity index (χ3n) is 3.85. The normalized spacial score (nSPS) is 19.0. The van der Waals surface area contributed by atoms with Gasteiger partial charge in [-0.15, -0.1) is 0 Å². The Balaban J connectivity index is 2.13. The van der Waals surface area contributed by atoms with Crippen LogP contribution >= 0.6 is 0 Å². The van der Waals surface area contributed by atoms with Crippen LogP contribution in [-0.4, -0.2) is 19.7 Å². The first kappa shape index (κ1) is 11.5. The Bertz CT molecular complexity index is 593. The van der Waals surface area contributed by atoms with Gasteiger partial charge in [0.1, 0.15) is 5.82 Å². The fraction of sp³-hybridized carbons (Fsp3) is 0.538. The van der Waals surface area contributed by atoms with Crippen LogP contribution in [0.15, 0.2) is 0 Å². The van der Waals surface area contributed by atoms with Crippen molar-refractivity contribution in [3.05, 3.63) is 22.8 Å². The highest BCUT2D eigenvalue weighted by atomic mass is 15.3. The average Bonchev–Trinajstić information content (AvgIpc) is 2.83. The largest absolute Gasteiger partial charge is 0.341 e. The number of nitrogens with one attached hydrogen (secondary N) is 1. The monoisotopic (exact) mass is 245 g/mol. The third kappa shape index (κ3) is 1.58. The fourth-order valence-corrected chi connectivity index (χ4v) is 2.79. The third-order valence-corrected chi connectivity index (χ3v) is 3.85. The maximum absolute atomic E-state index is 6.12. The number of H-pyrrole nitrogens is 1. The number of nitrogens with zero attached hydrogens (tertiary/aromatic N) is 3. The molecule has 1 aliphatic carbocycles. The van der Waals surface area contributed by atoms with Crippen molar-refractivity contribution in [2.45, 2.75) is 39.2 Å². The first-order valence-electron chi connectivity index (χ1n) is 6.43. The van der Waals surface area contributed by atoms with Crippen LogP contribution in [0.1, 0.15) is 41.7 Å². The molecule has 0 aromatic carbocycles. The molecule has 0 aliphatic heterocycles. The summed E-state index contributed by atoms with van der Waals surface area (Å²) >= 11 is 0. The van der Waals surface area contributed by atoms with E-state index in [0.29, 0.717) is 0 Å². The number of nitrogens with two attached hydrogens (primary N) is 1. The minimum absolute atomic E-state index is 0.0797. The minimum atomic E-state index is 0.0797. The zero-order valence-electron chi connectivity index (χ0n) is 11.1. The Kier molecular flexibility index (Phi) is 2.52. The van der Waals surface area contributed by atoms with Crippen molar-refractivity contribution in [1.29, 1.82) is 0 Å². The van der Waals surface area contributed by atoms with Crippen LogP contribution in [0.25, 0.3) is 11.4 Å². The van der Waals surface area contributed by atoms with E-state index in [9.17, 15) is 0 Å². The summed E-state index contributed by atoms with van der Waals surface area (Å²) < 4.78 is 1.89. The quantitative estimate of drug-likeness (QED) is 0.804. The molecule has 3 N–H and O–H groups in total. The summed E-state index contributed by atoms with van der Waals surface area (Å²) in [6.07, 6.45) is 3.22. The van der Waals surface area contributed by atoms with Crippen molar-refractivity contribution in [2.24, 2.45) is 12.8 Å². The SMILES string of the molecule is Cc1nn(C)c(C)c1-c1nc2c([nH]1)CCCC2N. The van der Waals surface area contributed by atoms with Gasteiger partial charge in [-0.2, -0.15) is 5.10 Å². The molecule has 18 heavy (non-hydrogen) atoms. The lowest BCUT2D eigenvalue weighted by Gasteiger charge is -2.15. The molecule has 0 radical (unpaired) electrons. The van der Waals surface area contributed by atoms with E-state index < -0.39 is 0 Å². The minimum Gasteiger partial charge on any atom is -0.341 e. The van der Waals surface area contributed by atoms with Crippen molar-refractivity contribution in [2.75, 3.05) is 0 Å². The summed E-state index contributed by atoms with van der Waals surface area (Å²) in [7, 11) is 1.96. The summed E-state index contributed by atoms with van der Waals surface area (Å²) in [6.45, 7) is 4.08. The Hall–Kier alpha value is -1.62. The topological polar surface area (TPSA) is 72.5 Å². The van der Waals surface area contributed by atoms with E-state index in [1.54, 1.807) is 0 Å². The van der Waals surface area contributed by atoms with E-state index in [1.807, 2.05) is 18.7 Å². The van der Waals surface area contributed by atoms with Crippen LogP contribution < -0.4 is 5.73 Å². The predicted octanol–water partition coefficient (Wildman–Crippen LogP) is 1.76. The average molecular weight is 245 g/mol. The summed E-state index contributed by atoms with van der Waals surface area (Å²) in [4.78, 5) is 8.13. The van der Waals surface area contributed by atoms with E-state index >= 15 is 0 Å². The van der Waals surface area contributed by atoms with Gasteiger partial charge in [-0.05, 0) is 33.1 Å². The molecule has 2 aromatic rings. The summed E-state index contributed by atoms with van der Waals surface area (Å²) in [6, 6.07) is 0.0797. The zero-order valence-corrected chi connectivity index (χ0v) is 11.1. The van der Waals surface area contributed by atoms with Gasteiger partial charge in [0.25, 0.3) is 0 Å². The first-order valence-corrected chi connectivity index (χ1v) is 6.43. The van der Waals surface area contributed by atoms with Crippen molar-refractivity contribution in [1.82, 2.24) is 19.7 Å². The van der Waals surface area contributed by atoms with Crippen LogP contribution in [0.5, 0.6) is 0 Å². The number of aromatic nitrogens is 4. The highest BCUT2D eigenvalue weighted by Gasteiger charge is 2.23. The second-order valence-electron chi connectivity index (χ2n) is 5.12. The number of hydrogen-bond acceptors (Lipinski definition) is 3. The predicted molar refractivity (Wildman–Crippen MR) is 70.1 cm³/mol. The first-order chi connectivity index (χ1) is 8.58. The molecule has 0 amide bonds. The lowest BCUT2D eigenvalue weighted by atomic mass is 9.97. The fourth-order valence-electron chi connectivity index (χ4n) is 2.79. The number of imidazole rings is 1. The molecule has 96 valence electrons. The Morgan fingerprint density at radius 3 is 2.78 bits per heavy atom. The molecule has 0 saturated carbocycles. The van der Waals surface area contributed by atoms with Crippen molar-refractivity contribution < 1.29 is 0 Å². The standard InChI is InChI=1S/C13H19N5/c1-7-11(8(2)18(3)17-7)13-15-10-6-4-5-9(14)12(10)16-13/h9H,4-6,14H2,1-3H3,(H,15,16). The van der Waals surface area contributed by atoms with Crippen LogP contribution in [0.4, 0.5) is 0 Å². The molecule has 0 fully saturated rings. The highest BCUT2D eigenvalue weighted by molar-refractivity contribution is 5.62. The number of aryl methyl sites for hydroxylation is 3. The lowest BCUT2D eigenvalue weighted by molar-refractivity contribution is 0.555. The van der Waals surface area contributed by atoms with Gasteiger partial charge < -0.3 is 10.7 Å². The second-order valence-corrected chi connectivity index (χ2v) is 5.12. The van der Waals surface area contributed by atoms with E-state index in [1.165, 1.54) is 5.69 Å². The molecular formula is C13H19N5. The second kappa shape index (κ2) is 3.95. The summed E-state index contributed by atoms with van der Waals surface area (Å²) in [5.74, 6) is 0.917. The van der Waals surface area contributed by atoms with Crippen LogP contribution in [0.3, 0.4) is 0 Å². The Labute approximate surface area is 106 Å². The summed E-state index contributed by atoms with van der Waals surface area (Å²) in [5.41, 5.74) is 11.6. The molecule has 2 heterocycles. The Morgan fingerprint density at radius 1 is 1.39 bits per heavy atom. The molecular weight excluding hydrogens is 226 g/mol. The molecule has 1 aliphatic rings. The lowest BCUT2D eigenvalue weighted by Crippen LogP contribution is -2.17. The van der Waals surface area contributed by atoms with Gasteiger partial charge in [0.15, 0.2) is 0 Å².